The third kappa shape index (κ3) is 6.87. The molecule has 3 aliphatic heterocycles. The van der Waals surface area contributed by atoms with Crippen molar-refractivity contribution in [1.29, 1.82) is 0 Å². The summed E-state index contributed by atoms with van der Waals surface area (Å²) in [6.07, 6.45) is 10.4. The van der Waals surface area contributed by atoms with Crippen molar-refractivity contribution in [1.82, 2.24) is 10.2 Å². The van der Waals surface area contributed by atoms with Gasteiger partial charge in [-0.3, -0.25) is 9.59 Å². The van der Waals surface area contributed by atoms with E-state index in [4.69, 9.17) is 18.9 Å². The minimum atomic E-state index is -0.918. The van der Waals surface area contributed by atoms with E-state index >= 15 is 0 Å². The average molecular weight is 751 g/mol. The molecule has 0 bridgehead atoms. The Labute approximate surface area is 323 Å². The predicted molar refractivity (Wildman–Crippen MR) is 205 cm³/mol. The third-order valence-electron chi connectivity index (χ3n) is 13.8. The van der Waals surface area contributed by atoms with Gasteiger partial charge >= 0.3 is 5.97 Å². The van der Waals surface area contributed by atoms with E-state index < -0.39 is 36.1 Å². The summed E-state index contributed by atoms with van der Waals surface area (Å²) in [5, 5.41) is 12.0. The van der Waals surface area contributed by atoms with Gasteiger partial charge in [-0.25, -0.2) is 4.79 Å². The molecule has 3 saturated heterocycles. The smallest absolute Gasteiger partial charge is 0.338 e. The number of allylic oxidation sites excluding steroid dienone is 1. The summed E-state index contributed by atoms with van der Waals surface area (Å²) in [6, 6.07) is 15.2. The van der Waals surface area contributed by atoms with E-state index in [0.29, 0.717) is 66.7 Å². The molecule has 3 heterocycles. The number of fused-ring (bicyclic) bond motifs is 4. The first-order chi connectivity index (χ1) is 26.4. The number of amides is 2. The van der Waals surface area contributed by atoms with Crippen LogP contribution in [0.2, 0.25) is 0 Å². The maximum atomic E-state index is 14.2. The first-order valence-corrected chi connectivity index (χ1v) is 20.5. The zero-order valence-corrected chi connectivity index (χ0v) is 32.3. The van der Waals surface area contributed by atoms with E-state index in [-0.39, 0.29) is 37.0 Å². The molecule has 8 unspecified atom stereocenters. The van der Waals surface area contributed by atoms with Crippen molar-refractivity contribution in [2.24, 2.45) is 17.3 Å². The van der Waals surface area contributed by atoms with Crippen LogP contribution in [0.25, 0.3) is 6.08 Å². The highest BCUT2D eigenvalue weighted by Crippen LogP contribution is 2.60. The summed E-state index contributed by atoms with van der Waals surface area (Å²) in [6.45, 7) is 7.45. The Balaban J connectivity index is 0.961. The Hall–Kier alpha value is -3.83. The van der Waals surface area contributed by atoms with Crippen LogP contribution in [0.1, 0.15) is 99.2 Å². The van der Waals surface area contributed by atoms with Gasteiger partial charge in [0.25, 0.3) is 0 Å². The molecule has 8 atom stereocenters. The molecule has 10 heteroatoms. The highest BCUT2D eigenvalue weighted by atomic mass is 16.8. The maximum Gasteiger partial charge on any atom is 0.338 e. The Morgan fingerprint density at radius 3 is 2.56 bits per heavy atom. The summed E-state index contributed by atoms with van der Waals surface area (Å²) in [7, 11) is 0. The predicted octanol–water partition coefficient (Wildman–Crippen LogP) is 5.70. The molecule has 2 aromatic rings. The third-order valence-corrected chi connectivity index (χ3v) is 13.8. The number of ether oxygens (including phenoxy) is 4. The quantitative estimate of drug-likeness (QED) is 0.273. The van der Waals surface area contributed by atoms with E-state index in [1.54, 1.807) is 11.0 Å². The molecule has 5 fully saturated rings. The Kier molecular flexibility index (Phi) is 9.35. The van der Waals surface area contributed by atoms with Gasteiger partial charge in [0, 0.05) is 37.9 Å². The fourth-order valence-electron chi connectivity index (χ4n) is 10.8. The molecule has 7 aliphatic rings. The number of likely N-dealkylation sites (tertiary alicyclic amines) is 1. The lowest BCUT2D eigenvalue weighted by Crippen LogP contribution is -2.49. The fraction of sp³-hybridized carbons (Fsp3) is 0.578. The van der Waals surface area contributed by atoms with Gasteiger partial charge in [0.1, 0.15) is 24.4 Å². The first-order valence-electron chi connectivity index (χ1n) is 20.5. The monoisotopic (exact) mass is 750 g/mol. The number of aliphatic hydroxyl groups is 1. The zero-order chi connectivity index (χ0) is 38.1. The molecule has 0 radical (unpaired) electrons. The fourth-order valence-corrected chi connectivity index (χ4v) is 10.8. The van der Waals surface area contributed by atoms with Gasteiger partial charge < -0.3 is 34.3 Å². The lowest BCUT2D eigenvalue weighted by Gasteiger charge is -2.53. The largest absolute Gasteiger partial charge is 0.456 e. The van der Waals surface area contributed by atoms with Crippen LogP contribution in [0.5, 0.6) is 0 Å². The van der Waals surface area contributed by atoms with Gasteiger partial charge in [-0.15, -0.1) is 0 Å². The van der Waals surface area contributed by atoms with Crippen LogP contribution in [0, 0.1) is 17.3 Å². The van der Waals surface area contributed by atoms with Crippen molar-refractivity contribution < 1.29 is 38.4 Å². The van der Waals surface area contributed by atoms with Crippen molar-refractivity contribution in [2.75, 3.05) is 19.7 Å². The molecule has 55 heavy (non-hydrogen) atoms. The minimum Gasteiger partial charge on any atom is -0.456 e. The average Bonchev–Trinajstić information content (AvgIpc) is 3.54. The molecule has 2 saturated carbocycles. The number of epoxide rings is 1. The molecule has 2 aromatic carbocycles. The summed E-state index contributed by atoms with van der Waals surface area (Å²) in [4.78, 5) is 42.9. The highest BCUT2D eigenvalue weighted by Gasteiger charge is 2.57. The molecule has 0 aromatic heterocycles. The minimum absolute atomic E-state index is 0.0215. The second-order valence-electron chi connectivity index (χ2n) is 18.0. The molecule has 9 rings (SSSR count). The molecule has 10 nitrogen and oxygen atoms in total. The summed E-state index contributed by atoms with van der Waals surface area (Å²) in [5.41, 5.74) is 5.96. The molecule has 292 valence electrons. The Morgan fingerprint density at radius 2 is 1.80 bits per heavy atom. The van der Waals surface area contributed by atoms with Gasteiger partial charge in [0.15, 0.2) is 5.79 Å². The number of carbonyl (C=O) groups excluding carboxylic acids is 3. The lowest BCUT2D eigenvalue weighted by atomic mass is 9.52. The lowest BCUT2D eigenvalue weighted by molar-refractivity contribution is -0.172. The summed E-state index contributed by atoms with van der Waals surface area (Å²) >= 11 is 0. The Bertz CT molecular complexity index is 1910. The second kappa shape index (κ2) is 14.0. The van der Waals surface area contributed by atoms with Crippen molar-refractivity contribution in [3.05, 3.63) is 88.0 Å². The molecule has 1 spiro atoms. The van der Waals surface area contributed by atoms with Crippen molar-refractivity contribution >= 4 is 23.9 Å². The van der Waals surface area contributed by atoms with Crippen LogP contribution in [0.3, 0.4) is 0 Å². The Morgan fingerprint density at radius 1 is 1.00 bits per heavy atom. The van der Waals surface area contributed by atoms with Gasteiger partial charge in [0.2, 0.25) is 11.8 Å². The molecule has 2 N–H and O–H groups in total. The first kappa shape index (κ1) is 36.8. The van der Waals surface area contributed by atoms with Gasteiger partial charge in [-0.05, 0) is 104 Å². The standard InChI is InChI=1S/C45H54N2O8/c1-43(2)26-33-28(13-14-38-44(3,54-38)16-15-34(33)43)20-27-8-6-11-29(21-27)42(51)52-36-22-32(41(50)47-18-7-12-35(47)40(49)46-17-19-48)23-37-39(36)55-45(53-37)24-30-9-4-5-10-31(30)25-45/h4-6,8-11,20-21,23,33-39,48H,7,12-19,22,24-26H2,1-3H3,(H,46,49). The van der Waals surface area contributed by atoms with Crippen molar-refractivity contribution in [3.63, 3.8) is 0 Å². The van der Waals surface area contributed by atoms with E-state index in [2.05, 4.69) is 50.4 Å². The molecule has 2 amide bonds. The van der Waals surface area contributed by atoms with Gasteiger partial charge in [0.05, 0.1) is 23.9 Å². The molecular weight excluding hydrogens is 697 g/mol. The number of nitrogens with one attached hydrogen (secondary N) is 1. The zero-order valence-electron chi connectivity index (χ0n) is 32.3. The summed E-state index contributed by atoms with van der Waals surface area (Å²) < 4.78 is 26.0. The van der Waals surface area contributed by atoms with Crippen LogP contribution in [0.15, 0.2) is 65.8 Å². The van der Waals surface area contributed by atoms with Crippen LogP contribution in [0.4, 0.5) is 0 Å². The van der Waals surface area contributed by atoms with Crippen LogP contribution >= 0.6 is 0 Å². The second-order valence-corrected chi connectivity index (χ2v) is 18.0. The number of aliphatic hydroxyl groups excluding tert-OH is 1. The normalized spacial score (nSPS) is 34.5. The number of carbonyl (C=O) groups is 3. The van der Waals surface area contributed by atoms with Crippen molar-refractivity contribution in [3.8, 4) is 0 Å². The SMILES string of the molecule is CC1(C)CC2C(=Cc3cccc(C(=O)OC4CC(C(=O)N5CCCC5C(=O)NCCO)=CC5OC6(Cc7ccccc7C6)OC54)c3)CCC3OC3(C)CCC21. The van der Waals surface area contributed by atoms with Gasteiger partial charge in [-0.1, -0.05) is 61.9 Å². The van der Waals surface area contributed by atoms with E-state index in [9.17, 15) is 19.5 Å². The number of hydrogen-bond acceptors (Lipinski definition) is 8. The van der Waals surface area contributed by atoms with E-state index in [0.717, 1.165) is 36.0 Å². The topological polar surface area (TPSA) is 127 Å². The maximum absolute atomic E-state index is 14.2. The van der Waals surface area contributed by atoms with E-state index in [1.807, 2.05) is 30.3 Å². The van der Waals surface area contributed by atoms with E-state index in [1.165, 1.54) is 18.4 Å². The number of nitrogens with zero attached hydrogens (tertiary/aromatic N) is 1. The number of rotatable bonds is 7. The van der Waals surface area contributed by atoms with Crippen LogP contribution in [-0.4, -0.2) is 89.3 Å². The number of hydrogen-bond donors (Lipinski definition) is 2. The van der Waals surface area contributed by atoms with Gasteiger partial charge in [-0.2, -0.15) is 0 Å². The molecule has 4 aliphatic carbocycles. The summed E-state index contributed by atoms with van der Waals surface area (Å²) in [5.74, 6) is -0.777. The van der Waals surface area contributed by atoms with Crippen LogP contribution < -0.4 is 5.32 Å². The van der Waals surface area contributed by atoms with Crippen molar-refractivity contribution in [2.45, 2.75) is 127 Å². The highest BCUT2D eigenvalue weighted by molar-refractivity contribution is 5.98. The number of esters is 1. The number of benzene rings is 2. The molecular formula is C45H54N2O8. The van der Waals surface area contributed by atoms with Crippen LogP contribution in [-0.2, 0) is 41.4 Å².